The zero-order valence-corrected chi connectivity index (χ0v) is 11.2. The molecule has 0 aliphatic rings. The van der Waals surface area contributed by atoms with Crippen LogP contribution in [0.1, 0.15) is 22.7 Å². The number of alkyl halides is 1. The molecule has 0 aliphatic heterocycles. The SMILES string of the molecule is Fc1cc(F)cc(Cc2nc(CCCCl)cs2)c1. The number of halogens is 3. The fourth-order valence-electron chi connectivity index (χ4n) is 1.68. The maximum absolute atomic E-state index is 13.0. The molecule has 0 atom stereocenters. The van der Waals surface area contributed by atoms with Crippen molar-refractivity contribution in [2.24, 2.45) is 0 Å². The molecule has 1 nitrogen and oxygen atoms in total. The Morgan fingerprint density at radius 1 is 1.17 bits per heavy atom. The molecule has 0 saturated heterocycles. The van der Waals surface area contributed by atoms with E-state index in [1.165, 1.54) is 23.5 Å². The number of rotatable bonds is 5. The van der Waals surface area contributed by atoms with Crippen LogP contribution in [0.4, 0.5) is 8.78 Å². The summed E-state index contributed by atoms with van der Waals surface area (Å²) in [6.45, 7) is 0. The van der Waals surface area contributed by atoms with E-state index in [1.807, 2.05) is 5.38 Å². The second-order valence-electron chi connectivity index (χ2n) is 3.98. The topological polar surface area (TPSA) is 12.9 Å². The lowest BCUT2D eigenvalue weighted by Crippen LogP contribution is -1.92. The van der Waals surface area contributed by atoms with Crippen molar-refractivity contribution in [3.05, 3.63) is 51.5 Å². The lowest BCUT2D eigenvalue weighted by molar-refractivity contribution is 0.580. The minimum atomic E-state index is -0.552. The molecule has 1 aromatic heterocycles. The Kier molecular flexibility index (Phi) is 4.66. The van der Waals surface area contributed by atoms with E-state index in [1.54, 1.807) is 0 Å². The van der Waals surface area contributed by atoms with Gasteiger partial charge in [0.25, 0.3) is 0 Å². The summed E-state index contributed by atoms with van der Waals surface area (Å²) < 4.78 is 26.1. The fraction of sp³-hybridized carbons (Fsp3) is 0.308. The van der Waals surface area contributed by atoms with Crippen LogP contribution in [0.3, 0.4) is 0 Å². The average Bonchev–Trinajstić information content (AvgIpc) is 2.72. The molecule has 0 saturated carbocycles. The van der Waals surface area contributed by atoms with Gasteiger partial charge in [0.05, 0.1) is 10.7 Å². The molecule has 0 N–H and O–H groups in total. The van der Waals surface area contributed by atoms with Crippen molar-refractivity contribution in [2.75, 3.05) is 5.88 Å². The molecule has 18 heavy (non-hydrogen) atoms. The first-order valence-electron chi connectivity index (χ1n) is 5.61. The number of hydrogen-bond donors (Lipinski definition) is 0. The van der Waals surface area contributed by atoms with Crippen LogP contribution in [-0.2, 0) is 12.8 Å². The predicted molar refractivity (Wildman–Crippen MR) is 70.3 cm³/mol. The number of nitrogens with zero attached hydrogens (tertiary/aromatic N) is 1. The summed E-state index contributed by atoms with van der Waals surface area (Å²) in [7, 11) is 0. The summed E-state index contributed by atoms with van der Waals surface area (Å²) in [4.78, 5) is 4.42. The molecule has 96 valence electrons. The standard InChI is InChI=1S/C13H12ClF2NS/c14-3-1-2-12-8-18-13(17-12)6-9-4-10(15)7-11(16)5-9/h4-5,7-8H,1-3,6H2. The van der Waals surface area contributed by atoms with Gasteiger partial charge in [-0.25, -0.2) is 13.8 Å². The maximum Gasteiger partial charge on any atom is 0.126 e. The molecule has 0 radical (unpaired) electrons. The van der Waals surface area contributed by atoms with Crippen molar-refractivity contribution >= 4 is 22.9 Å². The van der Waals surface area contributed by atoms with Gasteiger partial charge in [0.1, 0.15) is 11.6 Å². The van der Waals surface area contributed by atoms with Gasteiger partial charge >= 0.3 is 0 Å². The van der Waals surface area contributed by atoms with E-state index in [4.69, 9.17) is 11.6 Å². The van der Waals surface area contributed by atoms with Gasteiger partial charge < -0.3 is 0 Å². The highest BCUT2D eigenvalue weighted by Gasteiger charge is 2.06. The van der Waals surface area contributed by atoms with Crippen LogP contribution in [0.25, 0.3) is 0 Å². The average molecular weight is 288 g/mol. The number of hydrogen-bond acceptors (Lipinski definition) is 2. The van der Waals surface area contributed by atoms with Crippen LogP contribution in [0, 0.1) is 11.6 Å². The highest BCUT2D eigenvalue weighted by molar-refractivity contribution is 7.09. The van der Waals surface area contributed by atoms with Gasteiger partial charge in [0, 0.05) is 23.7 Å². The molecule has 0 amide bonds. The van der Waals surface area contributed by atoms with E-state index in [0.29, 0.717) is 17.9 Å². The lowest BCUT2D eigenvalue weighted by atomic mass is 10.1. The normalized spacial score (nSPS) is 10.8. The van der Waals surface area contributed by atoms with Crippen LogP contribution in [0.15, 0.2) is 23.6 Å². The Hall–Kier alpha value is -1.000. The van der Waals surface area contributed by atoms with Crippen LogP contribution in [-0.4, -0.2) is 10.9 Å². The number of aryl methyl sites for hydroxylation is 1. The Labute approximate surface area is 113 Å². The molecule has 1 heterocycles. The van der Waals surface area contributed by atoms with E-state index >= 15 is 0 Å². The number of benzene rings is 1. The molecule has 2 rings (SSSR count). The maximum atomic E-state index is 13.0. The third-order valence-electron chi connectivity index (χ3n) is 2.44. The van der Waals surface area contributed by atoms with Crippen molar-refractivity contribution in [1.82, 2.24) is 4.98 Å². The molecule has 2 aromatic rings. The predicted octanol–water partition coefficient (Wildman–Crippen LogP) is 4.18. The van der Waals surface area contributed by atoms with Crippen LogP contribution < -0.4 is 0 Å². The molecule has 0 aliphatic carbocycles. The van der Waals surface area contributed by atoms with E-state index in [2.05, 4.69) is 4.98 Å². The minimum Gasteiger partial charge on any atom is -0.246 e. The van der Waals surface area contributed by atoms with Crippen LogP contribution in [0.5, 0.6) is 0 Å². The van der Waals surface area contributed by atoms with Gasteiger partial charge in [0.2, 0.25) is 0 Å². The first-order chi connectivity index (χ1) is 8.67. The van der Waals surface area contributed by atoms with Gasteiger partial charge in [0.15, 0.2) is 0 Å². The van der Waals surface area contributed by atoms with Gasteiger partial charge in [-0.3, -0.25) is 0 Å². The molecule has 0 spiro atoms. The zero-order chi connectivity index (χ0) is 13.0. The smallest absolute Gasteiger partial charge is 0.126 e. The largest absolute Gasteiger partial charge is 0.246 e. The van der Waals surface area contributed by atoms with Gasteiger partial charge in [-0.1, -0.05) is 0 Å². The van der Waals surface area contributed by atoms with E-state index in [9.17, 15) is 8.78 Å². The summed E-state index contributed by atoms with van der Waals surface area (Å²) in [5.41, 5.74) is 1.60. The number of thiazole rings is 1. The Morgan fingerprint density at radius 3 is 2.56 bits per heavy atom. The minimum absolute atomic E-state index is 0.459. The van der Waals surface area contributed by atoms with E-state index in [0.717, 1.165) is 29.6 Å². The van der Waals surface area contributed by atoms with Crippen molar-refractivity contribution in [3.8, 4) is 0 Å². The molecular weight excluding hydrogens is 276 g/mol. The molecular formula is C13H12ClF2NS. The summed E-state index contributed by atoms with van der Waals surface area (Å²) in [5.74, 6) is -0.491. The van der Waals surface area contributed by atoms with Crippen molar-refractivity contribution in [3.63, 3.8) is 0 Å². The summed E-state index contributed by atoms with van der Waals surface area (Å²) >= 11 is 7.12. The Morgan fingerprint density at radius 2 is 1.89 bits per heavy atom. The second kappa shape index (κ2) is 6.25. The van der Waals surface area contributed by atoms with Crippen molar-refractivity contribution in [1.29, 1.82) is 0 Å². The first-order valence-corrected chi connectivity index (χ1v) is 7.03. The monoisotopic (exact) mass is 287 g/mol. The van der Waals surface area contributed by atoms with Gasteiger partial charge in [-0.05, 0) is 30.5 Å². The highest BCUT2D eigenvalue weighted by Crippen LogP contribution is 2.17. The quantitative estimate of drug-likeness (QED) is 0.752. The third-order valence-corrected chi connectivity index (χ3v) is 3.61. The molecule has 0 bridgehead atoms. The molecule has 5 heteroatoms. The summed E-state index contributed by atoms with van der Waals surface area (Å²) in [6.07, 6.45) is 2.19. The fourth-order valence-corrected chi connectivity index (χ4v) is 2.68. The lowest BCUT2D eigenvalue weighted by Gasteiger charge is -1.99. The molecule has 0 unspecified atom stereocenters. The molecule has 0 fully saturated rings. The zero-order valence-electron chi connectivity index (χ0n) is 9.63. The van der Waals surface area contributed by atoms with Gasteiger partial charge in [-0.15, -0.1) is 22.9 Å². The summed E-state index contributed by atoms with van der Waals surface area (Å²) in [6, 6.07) is 3.54. The Balaban J connectivity index is 2.06. The van der Waals surface area contributed by atoms with Crippen LogP contribution >= 0.6 is 22.9 Å². The van der Waals surface area contributed by atoms with Crippen molar-refractivity contribution in [2.45, 2.75) is 19.3 Å². The van der Waals surface area contributed by atoms with Gasteiger partial charge in [-0.2, -0.15) is 0 Å². The molecule has 1 aromatic carbocycles. The van der Waals surface area contributed by atoms with Crippen LogP contribution in [0.2, 0.25) is 0 Å². The summed E-state index contributed by atoms with van der Waals surface area (Å²) in [5, 5.41) is 2.84. The van der Waals surface area contributed by atoms with Crippen molar-refractivity contribution < 1.29 is 8.78 Å². The Bertz CT molecular complexity index is 507. The van der Waals surface area contributed by atoms with E-state index in [-0.39, 0.29) is 0 Å². The first kappa shape index (κ1) is 13.4. The van der Waals surface area contributed by atoms with E-state index < -0.39 is 11.6 Å². The third kappa shape index (κ3) is 3.75. The highest BCUT2D eigenvalue weighted by atomic mass is 35.5. The number of aromatic nitrogens is 1. The second-order valence-corrected chi connectivity index (χ2v) is 5.30.